The van der Waals surface area contributed by atoms with Crippen LogP contribution in [0.2, 0.25) is 0 Å². The minimum atomic E-state index is -0.831. The number of rotatable bonds is 10. The Balaban J connectivity index is 1.81. The van der Waals surface area contributed by atoms with Gasteiger partial charge in [-0.25, -0.2) is 4.39 Å². The van der Waals surface area contributed by atoms with Crippen LogP contribution in [-0.4, -0.2) is 39.1 Å². The van der Waals surface area contributed by atoms with E-state index in [9.17, 15) is 14.0 Å². The van der Waals surface area contributed by atoms with Gasteiger partial charge in [-0.2, -0.15) is 5.10 Å². The minimum absolute atomic E-state index is 0.275. The van der Waals surface area contributed by atoms with E-state index in [1.54, 1.807) is 42.2 Å². The fourth-order valence-electron chi connectivity index (χ4n) is 3.96. The molecular formula is C26H29BrClFN4O2. The van der Waals surface area contributed by atoms with Gasteiger partial charge in [0.2, 0.25) is 5.91 Å². The summed E-state index contributed by atoms with van der Waals surface area (Å²) >= 11 is 9.44. The van der Waals surface area contributed by atoms with Crippen LogP contribution in [0.25, 0.3) is 0 Å². The van der Waals surface area contributed by atoms with Crippen LogP contribution in [0.1, 0.15) is 40.9 Å². The van der Waals surface area contributed by atoms with Crippen molar-refractivity contribution in [1.29, 1.82) is 0 Å². The van der Waals surface area contributed by atoms with Crippen LogP contribution in [0, 0.1) is 5.82 Å². The Bertz CT molecular complexity index is 1180. The summed E-state index contributed by atoms with van der Waals surface area (Å²) in [5.74, 6) is -0.619. The highest BCUT2D eigenvalue weighted by atomic mass is 79.9. The lowest BCUT2D eigenvalue weighted by Crippen LogP contribution is -2.54. The van der Waals surface area contributed by atoms with Gasteiger partial charge in [-0.3, -0.25) is 14.3 Å². The van der Waals surface area contributed by atoms with Crippen molar-refractivity contribution in [3.63, 3.8) is 0 Å². The van der Waals surface area contributed by atoms with Gasteiger partial charge in [0.15, 0.2) is 0 Å². The van der Waals surface area contributed by atoms with Crippen LogP contribution < -0.4 is 10.6 Å². The first-order valence-electron chi connectivity index (χ1n) is 11.3. The Morgan fingerprint density at radius 2 is 1.89 bits per heavy atom. The molecule has 0 fully saturated rings. The van der Waals surface area contributed by atoms with Gasteiger partial charge >= 0.3 is 0 Å². The molecule has 2 N–H and O–H groups in total. The van der Waals surface area contributed by atoms with Crippen LogP contribution in [0.15, 0.2) is 59.3 Å². The predicted molar refractivity (Wildman–Crippen MR) is 139 cm³/mol. The molecular weight excluding hydrogens is 535 g/mol. The Morgan fingerprint density at radius 3 is 2.51 bits per heavy atom. The van der Waals surface area contributed by atoms with Crippen LogP contribution in [-0.2, 0) is 31.1 Å². The first-order chi connectivity index (χ1) is 16.6. The molecule has 0 bridgehead atoms. The lowest BCUT2D eigenvalue weighted by Gasteiger charge is -2.29. The molecule has 1 unspecified atom stereocenters. The standard InChI is InChI=1S/C26H29BrClFN4O2/c1-26(2,14-17-7-9-19(29)10-8-17)32-25(35)23(13-18-15-30-33(3)16-18)31-24(34)21-5-4-6-22(27)20(21)11-12-28/h4-10,15-16,23H,11-14H2,1-3H3,(H,31,34)(H,32,35). The zero-order chi connectivity index (χ0) is 25.6. The summed E-state index contributed by atoms with van der Waals surface area (Å²) in [4.78, 5) is 26.7. The Labute approximate surface area is 218 Å². The third-order valence-corrected chi connectivity index (χ3v) is 6.48. The minimum Gasteiger partial charge on any atom is -0.349 e. The van der Waals surface area contributed by atoms with E-state index in [4.69, 9.17) is 11.6 Å². The van der Waals surface area contributed by atoms with Crippen molar-refractivity contribution < 1.29 is 14.0 Å². The highest BCUT2D eigenvalue weighted by Gasteiger charge is 2.29. The fraction of sp³-hybridized carbons (Fsp3) is 0.346. The average Bonchev–Trinajstić information content (AvgIpc) is 3.20. The van der Waals surface area contributed by atoms with Crippen molar-refractivity contribution >= 4 is 39.3 Å². The first-order valence-corrected chi connectivity index (χ1v) is 12.6. The lowest BCUT2D eigenvalue weighted by atomic mass is 9.94. The molecule has 0 radical (unpaired) electrons. The van der Waals surface area contributed by atoms with E-state index < -0.39 is 11.6 Å². The largest absolute Gasteiger partial charge is 0.349 e. The number of alkyl halides is 1. The number of nitrogens with zero attached hydrogens (tertiary/aromatic N) is 2. The fourth-order valence-corrected chi connectivity index (χ4v) is 4.71. The highest BCUT2D eigenvalue weighted by molar-refractivity contribution is 9.10. The average molecular weight is 564 g/mol. The summed E-state index contributed by atoms with van der Waals surface area (Å²) in [6.07, 6.45) is 4.77. The lowest BCUT2D eigenvalue weighted by molar-refractivity contribution is -0.124. The molecule has 3 aromatic rings. The molecule has 186 valence electrons. The van der Waals surface area contributed by atoms with Crippen molar-refractivity contribution in [2.75, 3.05) is 5.88 Å². The molecule has 3 rings (SSSR count). The maximum absolute atomic E-state index is 13.4. The molecule has 1 atom stereocenters. The van der Waals surface area contributed by atoms with Gasteiger partial charge in [-0.1, -0.05) is 34.1 Å². The summed E-state index contributed by atoms with van der Waals surface area (Å²) in [5.41, 5.74) is 2.34. The number of hydrogen-bond donors (Lipinski definition) is 2. The molecule has 0 spiro atoms. The zero-order valence-electron chi connectivity index (χ0n) is 19.9. The van der Waals surface area contributed by atoms with Gasteiger partial charge in [-0.15, -0.1) is 11.6 Å². The second kappa shape index (κ2) is 11.8. The van der Waals surface area contributed by atoms with E-state index in [0.29, 0.717) is 24.3 Å². The van der Waals surface area contributed by atoms with Crippen LogP contribution in [0.3, 0.4) is 0 Å². The van der Waals surface area contributed by atoms with Gasteiger partial charge in [0.1, 0.15) is 11.9 Å². The SMILES string of the molecule is Cn1cc(CC(NC(=O)c2cccc(Br)c2CCCl)C(=O)NC(C)(C)Cc2ccc(F)cc2)cn1. The summed E-state index contributed by atoms with van der Waals surface area (Å²) in [6, 6.07) is 10.7. The van der Waals surface area contributed by atoms with Crippen LogP contribution in [0.4, 0.5) is 4.39 Å². The topological polar surface area (TPSA) is 76.0 Å². The maximum atomic E-state index is 13.4. The zero-order valence-corrected chi connectivity index (χ0v) is 22.3. The predicted octanol–water partition coefficient (Wildman–Crippen LogP) is 4.58. The van der Waals surface area contributed by atoms with Crippen molar-refractivity contribution in [2.45, 2.75) is 44.7 Å². The highest BCUT2D eigenvalue weighted by Crippen LogP contribution is 2.22. The second-order valence-corrected chi connectivity index (χ2v) is 10.4. The molecule has 0 aliphatic rings. The quantitative estimate of drug-likeness (QED) is 0.355. The Morgan fingerprint density at radius 1 is 1.17 bits per heavy atom. The molecule has 2 amide bonds. The van der Waals surface area contributed by atoms with E-state index >= 15 is 0 Å². The molecule has 1 aromatic heterocycles. The molecule has 35 heavy (non-hydrogen) atoms. The molecule has 0 saturated heterocycles. The van der Waals surface area contributed by atoms with E-state index in [1.165, 1.54) is 12.1 Å². The summed E-state index contributed by atoms with van der Waals surface area (Å²) in [5, 5.41) is 10.1. The summed E-state index contributed by atoms with van der Waals surface area (Å²) < 4.78 is 15.7. The van der Waals surface area contributed by atoms with Gasteiger partial charge in [0.25, 0.3) is 5.91 Å². The Kier molecular flexibility index (Phi) is 9.08. The molecule has 0 saturated carbocycles. The van der Waals surface area contributed by atoms with E-state index in [0.717, 1.165) is 21.2 Å². The molecule has 1 heterocycles. The number of carbonyl (C=O) groups is 2. The molecule has 0 aliphatic heterocycles. The number of halogens is 3. The van der Waals surface area contributed by atoms with Crippen LogP contribution in [0.5, 0.6) is 0 Å². The third kappa shape index (κ3) is 7.64. The van der Waals surface area contributed by atoms with Gasteiger partial charge < -0.3 is 10.6 Å². The van der Waals surface area contributed by atoms with Crippen molar-refractivity contribution in [2.24, 2.45) is 7.05 Å². The number of aryl methyl sites for hydroxylation is 1. The van der Waals surface area contributed by atoms with E-state index in [1.807, 2.05) is 26.1 Å². The monoisotopic (exact) mass is 562 g/mol. The number of nitrogens with one attached hydrogen (secondary N) is 2. The number of amides is 2. The van der Waals surface area contributed by atoms with E-state index in [2.05, 4.69) is 31.7 Å². The number of carbonyl (C=O) groups excluding carboxylic acids is 2. The third-order valence-electron chi connectivity index (χ3n) is 5.55. The number of benzene rings is 2. The second-order valence-electron chi connectivity index (χ2n) is 9.13. The maximum Gasteiger partial charge on any atom is 0.252 e. The molecule has 0 aliphatic carbocycles. The van der Waals surface area contributed by atoms with Crippen molar-refractivity contribution in [3.8, 4) is 0 Å². The molecule has 9 heteroatoms. The van der Waals surface area contributed by atoms with Gasteiger partial charge in [0.05, 0.1) is 6.20 Å². The normalized spacial score (nSPS) is 12.3. The van der Waals surface area contributed by atoms with Crippen molar-refractivity contribution in [3.05, 3.63) is 87.4 Å². The smallest absolute Gasteiger partial charge is 0.252 e. The van der Waals surface area contributed by atoms with E-state index in [-0.39, 0.29) is 24.1 Å². The first kappa shape index (κ1) is 26.9. The van der Waals surface area contributed by atoms with Crippen molar-refractivity contribution in [1.82, 2.24) is 20.4 Å². The molecule has 2 aromatic carbocycles. The summed E-state index contributed by atoms with van der Waals surface area (Å²) in [7, 11) is 1.79. The van der Waals surface area contributed by atoms with Gasteiger partial charge in [0, 0.05) is 41.1 Å². The number of hydrogen-bond acceptors (Lipinski definition) is 3. The number of aromatic nitrogens is 2. The van der Waals surface area contributed by atoms with Gasteiger partial charge in [-0.05, 0) is 67.6 Å². The molecule has 6 nitrogen and oxygen atoms in total. The van der Waals surface area contributed by atoms with Crippen LogP contribution >= 0.6 is 27.5 Å². The summed E-state index contributed by atoms with van der Waals surface area (Å²) in [6.45, 7) is 3.79. The Hall–Kier alpha value is -2.71.